The Morgan fingerprint density at radius 1 is 1.06 bits per heavy atom. The molecule has 1 aromatic carbocycles. The number of hydrogen-bond donors (Lipinski definition) is 1. The van der Waals surface area contributed by atoms with Gasteiger partial charge in [-0.1, -0.05) is 44.2 Å². The molecule has 1 rings (SSSR count). The van der Waals surface area contributed by atoms with Gasteiger partial charge in [-0.05, 0) is 38.2 Å². The molecule has 1 atom stereocenters. The van der Waals surface area contributed by atoms with Gasteiger partial charge in [-0.25, -0.2) is 0 Å². The van der Waals surface area contributed by atoms with Crippen molar-refractivity contribution in [1.82, 2.24) is 5.32 Å². The molecule has 0 heterocycles. The first kappa shape index (κ1) is 13.2. The van der Waals surface area contributed by atoms with Gasteiger partial charge < -0.3 is 5.32 Å². The zero-order valence-electron chi connectivity index (χ0n) is 11.2. The first-order valence-corrected chi connectivity index (χ1v) is 6.20. The highest BCUT2D eigenvalue weighted by Gasteiger charge is 2.18. The van der Waals surface area contributed by atoms with E-state index in [1.54, 1.807) is 0 Å². The average molecular weight is 219 g/mol. The van der Waals surface area contributed by atoms with Gasteiger partial charge in [-0.3, -0.25) is 0 Å². The molecule has 0 saturated carbocycles. The van der Waals surface area contributed by atoms with E-state index in [1.165, 1.54) is 5.56 Å². The maximum Gasteiger partial charge on any atom is 0.00967 e. The zero-order chi connectivity index (χ0) is 12.2. The predicted octanol–water partition coefficient (Wildman–Crippen LogP) is 3.81. The summed E-state index contributed by atoms with van der Waals surface area (Å²) in [5, 5.41) is 3.60. The van der Waals surface area contributed by atoms with Crippen molar-refractivity contribution in [3.05, 3.63) is 35.9 Å². The van der Waals surface area contributed by atoms with Crippen LogP contribution in [-0.4, -0.2) is 12.1 Å². The second-order valence-electron chi connectivity index (χ2n) is 5.89. The van der Waals surface area contributed by atoms with Crippen LogP contribution >= 0.6 is 0 Å². The highest BCUT2D eigenvalue weighted by Crippen LogP contribution is 2.23. The van der Waals surface area contributed by atoms with Gasteiger partial charge in [0.05, 0.1) is 0 Å². The summed E-state index contributed by atoms with van der Waals surface area (Å²) in [7, 11) is 0. The molecule has 16 heavy (non-hydrogen) atoms. The summed E-state index contributed by atoms with van der Waals surface area (Å²) < 4.78 is 0. The van der Waals surface area contributed by atoms with Crippen LogP contribution in [0, 0.1) is 5.92 Å². The van der Waals surface area contributed by atoms with Crippen molar-refractivity contribution in [2.24, 2.45) is 5.92 Å². The molecule has 0 radical (unpaired) electrons. The van der Waals surface area contributed by atoms with Crippen LogP contribution in [-0.2, 0) is 0 Å². The predicted molar refractivity (Wildman–Crippen MR) is 71.8 cm³/mol. The van der Waals surface area contributed by atoms with Gasteiger partial charge in [-0.15, -0.1) is 0 Å². The van der Waals surface area contributed by atoms with Gasteiger partial charge >= 0.3 is 0 Å². The molecule has 90 valence electrons. The number of rotatable bonds is 4. The van der Waals surface area contributed by atoms with Crippen LogP contribution < -0.4 is 5.32 Å². The Morgan fingerprint density at radius 2 is 1.62 bits per heavy atom. The van der Waals surface area contributed by atoms with Crippen LogP contribution in [0.25, 0.3) is 0 Å². The minimum absolute atomic E-state index is 0.196. The van der Waals surface area contributed by atoms with Crippen molar-refractivity contribution in [3.63, 3.8) is 0 Å². The second-order valence-corrected chi connectivity index (χ2v) is 5.89. The number of nitrogens with one attached hydrogen (secondary N) is 1. The van der Waals surface area contributed by atoms with Gasteiger partial charge in [0.25, 0.3) is 0 Å². The Balaban J connectivity index is 2.70. The molecule has 0 aliphatic heterocycles. The molecule has 1 N–H and O–H groups in total. The van der Waals surface area contributed by atoms with Crippen molar-refractivity contribution < 1.29 is 0 Å². The quantitative estimate of drug-likeness (QED) is 0.812. The fourth-order valence-electron chi connectivity index (χ4n) is 1.85. The van der Waals surface area contributed by atoms with Crippen LogP contribution in [0.5, 0.6) is 0 Å². The highest BCUT2D eigenvalue weighted by molar-refractivity contribution is 5.20. The molecule has 0 aromatic heterocycles. The fourth-order valence-corrected chi connectivity index (χ4v) is 1.85. The van der Waals surface area contributed by atoms with Crippen LogP contribution in [0.4, 0.5) is 0 Å². The minimum Gasteiger partial charge on any atom is -0.311 e. The molecule has 1 unspecified atom stereocenters. The summed E-state index contributed by atoms with van der Waals surface area (Å²) in [6.07, 6.45) is 0. The lowest BCUT2D eigenvalue weighted by Gasteiger charge is -2.27. The molecule has 0 aliphatic carbocycles. The summed E-state index contributed by atoms with van der Waals surface area (Å²) in [5.41, 5.74) is 1.64. The summed E-state index contributed by atoms with van der Waals surface area (Å²) in [6.45, 7) is 12.3. The van der Waals surface area contributed by atoms with Gasteiger partial charge in [0.15, 0.2) is 0 Å². The molecule has 0 saturated heterocycles. The van der Waals surface area contributed by atoms with E-state index >= 15 is 0 Å². The van der Waals surface area contributed by atoms with Crippen LogP contribution in [0.2, 0.25) is 0 Å². The average Bonchev–Trinajstić information content (AvgIpc) is 2.17. The SMILES string of the molecule is CC(C)C(CNC(C)(C)C)c1ccccc1. The van der Waals surface area contributed by atoms with Crippen molar-refractivity contribution in [1.29, 1.82) is 0 Å². The smallest absolute Gasteiger partial charge is 0.00967 e. The summed E-state index contributed by atoms with van der Waals surface area (Å²) in [4.78, 5) is 0. The fraction of sp³-hybridized carbons (Fsp3) is 0.600. The molecule has 1 heteroatoms. The standard InChI is InChI=1S/C15H25N/c1-12(2)14(11-16-15(3,4)5)13-9-7-6-8-10-13/h6-10,12,14,16H,11H2,1-5H3. The summed E-state index contributed by atoms with van der Waals surface area (Å²) in [6, 6.07) is 10.8. The minimum atomic E-state index is 0.196. The Morgan fingerprint density at radius 3 is 2.06 bits per heavy atom. The Hall–Kier alpha value is -0.820. The molecule has 0 aliphatic rings. The Kier molecular flexibility index (Phi) is 4.55. The molecule has 0 fully saturated rings. The van der Waals surface area contributed by atoms with Crippen molar-refractivity contribution in [2.45, 2.75) is 46.1 Å². The first-order chi connectivity index (χ1) is 7.40. The van der Waals surface area contributed by atoms with Gasteiger partial charge in [0, 0.05) is 12.1 Å². The van der Waals surface area contributed by atoms with E-state index in [9.17, 15) is 0 Å². The van der Waals surface area contributed by atoms with E-state index in [1.807, 2.05) is 0 Å². The zero-order valence-corrected chi connectivity index (χ0v) is 11.2. The van der Waals surface area contributed by atoms with Gasteiger partial charge in [0.2, 0.25) is 0 Å². The van der Waals surface area contributed by atoms with Crippen LogP contribution in [0.1, 0.15) is 46.1 Å². The summed E-state index contributed by atoms with van der Waals surface area (Å²) in [5.74, 6) is 1.26. The normalized spacial score (nSPS) is 14.1. The third-order valence-electron chi connectivity index (χ3n) is 2.88. The monoisotopic (exact) mass is 219 g/mol. The maximum absolute atomic E-state index is 3.60. The van der Waals surface area contributed by atoms with E-state index < -0.39 is 0 Å². The molecular formula is C15H25N. The molecule has 1 aromatic rings. The highest BCUT2D eigenvalue weighted by atomic mass is 14.9. The van der Waals surface area contributed by atoms with E-state index in [4.69, 9.17) is 0 Å². The third kappa shape index (κ3) is 4.36. The topological polar surface area (TPSA) is 12.0 Å². The number of hydrogen-bond acceptors (Lipinski definition) is 1. The Bertz CT molecular complexity index is 295. The molecule has 0 amide bonds. The molecule has 1 nitrogen and oxygen atoms in total. The first-order valence-electron chi connectivity index (χ1n) is 6.20. The van der Waals surface area contributed by atoms with E-state index in [0.29, 0.717) is 11.8 Å². The van der Waals surface area contributed by atoms with E-state index in [-0.39, 0.29) is 5.54 Å². The van der Waals surface area contributed by atoms with Crippen molar-refractivity contribution in [2.75, 3.05) is 6.54 Å². The lowest BCUT2D eigenvalue weighted by molar-refractivity contribution is 0.372. The van der Waals surface area contributed by atoms with Gasteiger partial charge in [0.1, 0.15) is 0 Å². The van der Waals surface area contributed by atoms with E-state index in [2.05, 4.69) is 70.3 Å². The third-order valence-corrected chi connectivity index (χ3v) is 2.88. The maximum atomic E-state index is 3.60. The van der Waals surface area contributed by atoms with Crippen LogP contribution in [0.3, 0.4) is 0 Å². The lowest BCUT2D eigenvalue weighted by Crippen LogP contribution is -2.39. The van der Waals surface area contributed by atoms with Crippen LogP contribution in [0.15, 0.2) is 30.3 Å². The lowest BCUT2D eigenvalue weighted by atomic mass is 9.88. The second kappa shape index (κ2) is 5.49. The van der Waals surface area contributed by atoms with Gasteiger partial charge in [-0.2, -0.15) is 0 Å². The molecule has 0 spiro atoms. The van der Waals surface area contributed by atoms with Crippen molar-refractivity contribution >= 4 is 0 Å². The van der Waals surface area contributed by atoms with Crippen molar-refractivity contribution in [3.8, 4) is 0 Å². The molecule has 0 bridgehead atoms. The summed E-state index contributed by atoms with van der Waals surface area (Å²) >= 11 is 0. The van der Waals surface area contributed by atoms with E-state index in [0.717, 1.165) is 6.54 Å². The Labute approximate surface area is 100 Å². The molecular weight excluding hydrogens is 194 g/mol. The largest absolute Gasteiger partial charge is 0.311 e. The number of benzene rings is 1.